The smallest absolute Gasteiger partial charge is 0.0705 e. The van der Waals surface area contributed by atoms with E-state index in [-0.39, 0.29) is 0 Å². The third kappa shape index (κ3) is 4.68. The van der Waals surface area contributed by atoms with Gasteiger partial charge in [0.2, 0.25) is 0 Å². The lowest BCUT2D eigenvalue weighted by Gasteiger charge is -2.33. The van der Waals surface area contributed by atoms with Crippen molar-refractivity contribution < 1.29 is 4.74 Å². The van der Waals surface area contributed by atoms with Gasteiger partial charge >= 0.3 is 0 Å². The van der Waals surface area contributed by atoms with Gasteiger partial charge in [-0.2, -0.15) is 5.10 Å². The van der Waals surface area contributed by atoms with Gasteiger partial charge in [-0.15, -0.1) is 0 Å². The molecule has 1 atom stereocenters. The van der Waals surface area contributed by atoms with Gasteiger partial charge in [-0.3, -0.25) is 9.58 Å². The lowest BCUT2D eigenvalue weighted by Crippen LogP contribution is -2.42. The molecule has 0 saturated carbocycles. The Bertz CT molecular complexity index is 623. The summed E-state index contributed by atoms with van der Waals surface area (Å²) in [4.78, 5) is 2.51. The first kappa shape index (κ1) is 17.2. The average molecular weight is 327 g/mol. The van der Waals surface area contributed by atoms with Crippen LogP contribution in [0.1, 0.15) is 36.6 Å². The standard InChI is InChI=1S/C20H29N3O/c1-3-11-23-15-19(17(2)21-23)14-22-12-13-24-20(16-22)10-9-18-7-5-4-6-8-18/h4-8,15,20H,3,9-14,16H2,1-2H3/t20-/m0/s1. The predicted molar refractivity (Wildman–Crippen MR) is 97.0 cm³/mol. The Morgan fingerprint density at radius 2 is 2.08 bits per heavy atom. The molecule has 0 N–H and O–H groups in total. The maximum absolute atomic E-state index is 5.98. The second kappa shape index (κ2) is 8.45. The first-order chi connectivity index (χ1) is 11.7. The van der Waals surface area contributed by atoms with Gasteiger partial charge in [0.25, 0.3) is 0 Å². The van der Waals surface area contributed by atoms with Crippen molar-refractivity contribution in [3.05, 3.63) is 53.3 Å². The van der Waals surface area contributed by atoms with Gasteiger partial charge in [-0.05, 0) is 31.7 Å². The fraction of sp³-hybridized carbons (Fsp3) is 0.550. The summed E-state index contributed by atoms with van der Waals surface area (Å²) in [5, 5.41) is 4.62. The highest BCUT2D eigenvalue weighted by molar-refractivity contribution is 5.16. The van der Waals surface area contributed by atoms with Gasteiger partial charge in [0.15, 0.2) is 0 Å². The average Bonchev–Trinajstić information content (AvgIpc) is 2.94. The molecule has 1 aliphatic heterocycles. The summed E-state index contributed by atoms with van der Waals surface area (Å²) in [7, 11) is 0. The van der Waals surface area contributed by atoms with E-state index < -0.39 is 0 Å². The zero-order chi connectivity index (χ0) is 16.8. The zero-order valence-electron chi connectivity index (χ0n) is 14.9. The molecule has 3 rings (SSSR count). The van der Waals surface area contributed by atoms with Crippen LogP contribution in [0.2, 0.25) is 0 Å². The van der Waals surface area contributed by atoms with Crippen molar-refractivity contribution in [1.29, 1.82) is 0 Å². The number of nitrogens with zero attached hydrogens (tertiary/aromatic N) is 3. The summed E-state index contributed by atoms with van der Waals surface area (Å²) in [6, 6.07) is 10.7. The van der Waals surface area contributed by atoms with Crippen molar-refractivity contribution in [1.82, 2.24) is 14.7 Å². The number of hydrogen-bond acceptors (Lipinski definition) is 3. The number of aromatic nitrogens is 2. The molecule has 24 heavy (non-hydrogen) atoms. The van der Waals surface area contributed by atoms with E-state index in [4.69, 9.17) is 4.74 Å². The molecule has 130 valence electrons. The molecule has 4 heteroatoms. The van der Waals surface area contributed by atoms with Gasteiger partial charge in [-0.25, -0.2) is 0 Å². The number of benzene rings is 1. The van der Waals surface area contributed by atoms with Crippen LogP contribution in [-0.2, 0) is 24.2 Å². The highest BCUT2D eigenvalue weighted by Crippen LogP contribution is 2.16. The molecule has 0 bridgehead atoms. The monoisotopic (exact) mass is 327 g/mol. The van der Waals surface area contributed by atoms with Crippen LogP contribution in [0.25, 0.3) is 0 Å². The largest absolute Gasteiger partial charge is 0.376 e. The minimum absolute atomic E-state index is 0.338. The Kier molecular flexibility index (Phi) is 6.05. The third-order valence-corrected chi connectivity index (χ3v) is 4.72. The Balaban J connectivity index is 1.52. The fourth-order valence-electron chi connectivity index (χ4n) is 3.37. The molecular formula is C20H29N3O. The number of morpholine rings is 1. The van der Waals surface area contributed by atoms with Crippen molar-refractivity contribution in [3.8, 4) is 0 Å². The van der Waals surface area contributed by atoms with Crippen LogP contribution >= 0.6 is 0 Å². The highest BCUT2D eigenvalue weighted by atomic mass is 16.5. The van der Waals surface area contributed by atoms with Gasteiger partial charge < -0.3 is 4.74 Å². The van der Waals surface area contributed by atoms with E-state index in [1.807, 2.05) is 0 Å². The quantitative estimate of drug-likeness (QED) is 0.780. The fourth-order valence-corrected chi connectivity index (χ4v) is 3.37. The molecule has 0 spiro atoms. The minimum Gasteiger partial charge on any atom is -0.376 e. The van der Waals surface area contributed by atoms with Crippen LogP contribution < -0.4 is 0 Å². The number of ether oxygens (including phenoxy) is 1. The summed E-state index contributed by atoms with van der Waals surface area (Å²) in [6.45, 7) is 9.17. The van der Waals surface area contributed by atoms with E-state index in [1.165, 1.54) is 11.1 Å². The molecule has 1 saturated heterocycles. The van der Waals surface area contributed by atoms with Crippen LogP contribution in [0.5, 0.6) is 0 Å². The zero-order valence-corrected chi connectivity index (χ0v) is 14.9. The Labute approximate surface area is 145 Å². The van der Waals surface area contributed by atoms with Crippen molar-refractivity contribution in [3.63, 3.8) is 0 Å². The Morgan fingerprint density at radius 3 is 2.88 bits per heavy atom. The van der Waals surface area contributed by atoms with Crippen molar-refractivity contribution >= 4 is 0 Å². The molecule has 2 heterocycles. The number of hydrogen-bond donors (Lipinski definition) is 0. The lowest BCUT2D eigenvalue weighted by atomic mass is 10.1. The third-order valence-electron chi connectivity index (χ3n) is 4.72. The molecule has 2 aromatic rings. The van der Waals surface area contributed by atoms with Gasteiger partial charge in [0.05, 0.1) is 18.4 Å². The summed E-state index contributed by atoms with van der Waals surface area (Å²) in [5.41, 5.74) is 3.91. The van der Waals surface area contributed by atoms with Crippen molar-refractivity contribution in [2.24, 2.45) is 0 Å². The molecule has 1 aromatic heterocycles. The first-order valence-electron chi connectivity index (χ1n) is 9.15. The number of rotatable bonds is 7. The SMILES string of the molecule is CCCn1cc(CN2CCO[C@@H](CCc3ccccc3)C2)c(C)n1. The van der Waals surface area contributed by atoms with Crippen LogP contribution in [0.3, 0.4) is 0 Å². The summed E-state index contributed by atoms with van der Waals surface area (Å²) < 4.78 is 8.06. The lowest BCUT2D eigenvalue weighted by molar-refractivity contribution is -0.0346. The first-order valence-corrected chi connectivity index (χ1v) is 9.15. The topological polar surface area (TPSA) is 30.3 Å². The van der Waals surface area contributed by atoms with Crippen LogP contribution in [-0.4, -0.2) is 40.5 Å². The summed E-state index contributed by atoms with van der Waals surface area (Å²) in [5.74, 6) is 0. The molecule has 1 fully saturated rings. The molecule has 4 nitrogen and oxygen atoms in total. The van der Waals surface area contributed by atoms with E-state index in [9.17, 15) is 0 Å². The van der Waals surface area contributed by atoms with E-state index >= 15 is 0 Å². The van der Waals surface area contributed by atoms with Crippen LogP contribution in [0.4, 0.5) is 0 Å². The van der Waals surface area contributed by atoms with E-state index in [0.29, 0.717) is 6.10 Å². The summed E-state index contributed by atoms with van der Waals surface area (Å²) >= 11 is 0. The molecule has 0 radical (unpaired) electrons. The van der Waals surface area contributed by atoms with Gasteiger partial charge in [-0.1, -0.05) is 37.3 Å². The van der Waals surface area contributed by atoms with Gasteiger partial charge in [0, 0.05) is 37.9 Å². The molecular weight excluding hydrogens is 298 g/mol. The molecule has 1 aliphatic rings. The second-order valence-corrected chi connectivity index (χ2v) is 6.76. The molecule has 0 amide bonds. The summed E-state index contributed by atoms with van der Waals surface area (Å²) in [6.07, 6.45) is 5.86. The van der Waals surface area contributed by atoms with Crippen LogP contribution in [0, 0.1) is 6.92 Å². The molecule has 0 unspecified atom stereocenters. The Hall–Kier alpha value is -1.65. The van der Waals surface area contributed by atoms with E-state index in [2.05, 4.69) is 65.1 Å². The normalized spacial score (nSPS) is 18.8. The van der Waals surface area contributed by atoms with Crippen molar-refractivity contribution in [2.75, 3.05) is 19.7 Å². The van der Waals surface area contributed by atoms with E-state index in [1.54, 1.807) is 0 Å². The van der Waals surface area contributed by atoms with E-state index in [0.717, 1.165) is 57.7 Å². The van der Waals surface area contributed by atoms with Gasteiger partial charge in [0.1, 0.15) is 0 Å². The van der Waals surface area contributed by atoms with Crippen LogP contribution in [0.15, 0.2) is 36.5 Å². The highest BCUT2D eigenvalue weighted by Gasteiger charge is 2.21. The number of aryl methyl sites for hydroxylation is 3. The maximum Gasteiger partial charge on any atom is 0.0705 e. The minimum atomic E-state index is 0.338. The molecule has 0 aliphatic carbocycles. The molecule has 1 aromatic carbocycles. The predicted octanol–water partition coefficient (Wildman–Crippen LogP) is 3.44. The Morgan fingerprint density at radius 1 is 1.25 bits per heavy atom. The second-order valence-electron chi connectivity index (χ2n) is 6.76. The maximum atomic E-state index is 5.98. The van der Waals surface area contributed by atoms with Crippen molar-refractivity contribution in [2.45, 2.75) is 52.3 Å².